The van der Waals surface area contributed by atoms with E-state index >= 15 is 0 Å². The van der Waals surface area contributed by atoms with E-state index in [1.807, 2.05) is 4.90 Å². The molecule has 2 fully saturated rings. The van der Waals surface area contributed by atoms with Crippen LogP contribution in [0.1, 0.15) is 24.0 Å². The fourth-order valence-electron chi connectivity index (χ4n) is 3.00. The van der Waals surface area contributed by atoms with Crippen molar-refractivity contribution in [3.63, 3.8) is 0 Å². The molecule has 1 aliphatic carbocycles. The summed E-state index contributed by atoms with van der Waals surface area (Å²) in [6, 6.07) is 4.65. The number of benzene rings is 1. The van der Waals surface area contributed by atoms with Gasteiger partial charge in [0.2, 0.25) is 11.8 Å². The summed E-state index contributed by atoms with van der Waals surface area (Å²) >= 11 is 5.15. The zero-order chi connectivity index (χ0) is 18.7. The summed E-state index contributed by atoms with van der Waals surface area (Å²) in [7, 11) is 0. The monoisotopic (exact) mass is 439 g/mol. The van der Waals surface area contributed by atoms with Crippen LogP contribution in [0.2, 0.25) is 0 Å². The first-order valence-electron chi connectivity index (χ1n) is 9.11. The summed E-state index contributed by atoms with van der Waals surface area (Å²) in [5.41, 5.74) is 2.37. The van der Waals surface area contributed by atoms with E-state index in [0.29, 0.717) is 31.4 Å². The predicted molar refractivity (Wildman–Crippen MR) is 109 cm³/mol. The highest BCUT2D eigenvalue weighted by molar-refractivity contribution is 9.10. The lowest BCUT2D eigenvalue weighted by molar-refractivity contribution is -0.130. The van der Waals surface area contributed by atoms with E-state index in [4.69, 9.17) is 0 Å². The summed E-state index contributed by atoms with van der Waals surface area (Å²) in [4.78, 5) is 29.6. The molecule has 1 heterocycles. The van der Waals surface area contributed by atoms with E-state index < -0.39 is 0 Å². The van der Waals surface area contributed by atoms with Crippen LogP contribution in [0.25, 0.3) is 0 Å². The molecule has 0 spiro atoms. The summed E-state index contributed by atoms with van der Waals surface area (Å²) < 4.78 is 1.10. The minimum atomic E-state index is 0.115. The van der Waals surface area contributed by atoms with Gasteiger partial charge < -0.3 is 10.2 Å². The second-order valence-corrected chi connectivity index (χ2v) is 9.03. The molecular formula is C19H26BrN3O2S. The van der Waals surface area contributed by atoms with Crippen molar-refractivity contribution in [2.45, 2.75) is 37.6 Å². The number of aryl methyl sites for hydroxylation is 2. The number of thioether (sulfide) groups is 1. The average molecular weight is 440 g/mol. The Balaban J connectivity index is 1.42. The van der Waals surface area contributed by atoms with Crippen molar-refractivity contribution in [3.05, 3.63) is 27.7 Å². The second-order valence-electron chi connectivity index (χ2n) is 7.15. The first-order valence-corrected chi connectivity index (χ1v) is 10.9. The molecule has 7 heteroatoms. The lowest BCUT2D eigenvalue weighted by atomic mass is 10.2. The molecule has 1 saturated carbocycles. The Morgan fingerprint density at radius 1 is 1.15 bits per heavy atom. The third kappa shape index (κ3) is 5.47. The van der Waals surface area contributed by atoms with E-state index in [2.05, 4.69) is 52.1 Å². The highest BCUT2D eigenvalue weighted by Gasteiger charge is 2.26. The SMILES string of the molecule is Cc1cc(SCC(=O)N2CCN(CC(=O)NC3CC3)CC2)c(C)cc1Br. The molecule has 142 valence electrons. The van der Waals surface area contributed by atoms with Crippen LogP contribution in [-0.2, 0) is 9.59 Å². The van der Waals surface area contributed by atoms with Crippen LogP contribution in [0, 0.1) is 13.8 Å². The number of halogens is 1. The quantitative estimate of drug-likeness (QED) is 0.691. The van der Waals surface area contributed by atoms with Crippen LogP contribution in [0.3, 0.4) is 0 Å². The maximum atomic E-state index is 12.5. The fraction of sp³-hybridized carbons (Fsp3) is 0.579. The van der Waals surface area contributed by atoms with Crippen LogP contribution in [0.5, 0.6) is 0 Å². The second kappa shape index (κ2) is 8.76. The molecule has 3 rings (SSSR count). The molecule has 0 atom stereocenters. The maximum absolute atomic E-state index is 12.5. The van der Waals surface area contributed by atoms with Crippen molar-refractivity contribution in [2.24, 2.45) is 0 Å². The number of carbonyl (C=O) groups excluding carboxylic acids is 2. The van der Waals surface area contributed by atoms with E-state index in [-0.39, 0.29) is 11.8 Å². The fourth-order valence-corrected chi connectivity index (χ4v) is 4.47. The average Bonchev–Trinajstić information content (AvgIpc) is 3.41. The topological polar surface area (TPSA) is 52.7 Å². The summed E-state index contributed by atoms with van der Waals surface area (Å²) in [6.45, 7) is 7.53. The van der Waals surface area contributed by atoms with Crippen molar-refractivity contribution < 1.29 is 9.59 Å². The molecule has 0 radical (unpaired) electrons. The van der Waals surface area contributed by atoms with Crippen molar-refractivity contribution in [1.29, 1.82) is 0 Å². The third-order valence-corrected chi connectivity index (χ3v) is 6.84. The third-order valence-electron chi connectivity index (χ3n) is 4.84. The largest absolute Gasteiger partial charge is 0.352 e. The van der Waals surface area contributed by atoms with E-state index in [0.717, 1.165) is 35.3 Å². The number of piperazine rings is 1. The number of nitrogens with zero attached hydrogens (tertiary/aromatic N) is 2. The molecule has 0 unspecified atom stereocenters. The smallest absolute Gasteiger partial charge is 0.234 e. The van der Waals surface area contributed by atoms with E-state index in [1.54, 1.807) is 11.8 Å². The Morgan fingerprint density at radius 3 is 2.50 bits per heavy atom. The van der Waals surface area contributed by atoms with Crippen LogP contribution in [0.15, 0.2) is 21.5 Å². The lowest BCUT2D eigenvalue weighted by Gasteiger charge is -2.34. The number of hydrogen-bond donors (Lipinski definition) is 1. The summed E-state index contributed by atoms with van der Waals surface area (Å²) in [5, 5.41) is 3.02. The molecule has 0 bridgehead atoms. The zero-order valence-corrected chi connectivity index (χ0v) is 17.8. The van der Waals surface area contributed by atoms with Gasteiger partial charge in [-0.3, -0.25) is 14.5 Å². The molecule has 2 aliphatic rings. The Labute approximate surface area is 168 Å². The van der Waals surface area contributed by atoms with Crippen molar-refractivity contribution in [2.75, 3.05) is 38.5 Å². The molecule has 2 amide bonds. The van der Waals surface area contributed by atoms with Gasteiger partial charge in [-0.05, 0) is 49.9 Å². The van der Waals surface area contributed by atoms with Gasteiger partial charge in [0.1, 0.15) is 0 Å². The molecule has 1 aliphatic heterocycles. The number of rotatable bonds is 6. The molecule has 1 aromatic rings. The molecule has 5 nitrogen and oxygen atoms in total. The molecule has 0 aromatic heterocycles. The molecule has 1 N–H and O–H groups in total. The normalized spacial score (nSPS) is 18.0. The highest BCUT2D eigenvalue weighted by atomic mass is 79.9. The van der Waals surface area contributed by atoms with Crippen LogP contribution in [-0.4, -0.2) is 66.1 Å². The van der Waals surface area contributed by atoms with Gasteiger partial charge in [-0.25, -0.2) is 0 Å². The van der Waals surface area contributed by atoms with Gasteiger partial charge >= 0.3 is 0 Å². The van der Waals surface area contributed by atoms with Gasteiger partial charge in [0.15, 0.2) is 0 Å². The van der Waals surface area contributed by atoms with Crippen molar-refractivity contribution >= 4 is 39.5 Å². The van der Waals surface area contributed by atoms with E-state index in [9.17, 15) is 9.59 Å². The summed E-state index contributed by atoms with van der Waals surface area (Å²) in [5.74, 6) is 0.755. The van der Waals surface area contributed by atoms with Crippen molar-refractivity contribution in [3.8, 4) is 0 Å². The summed E-state index contributed by atoms with van der Waals surface area (Å²) in [6.07, 6.45) is 2.23. The first-order chi connectivity index (χ1) is 12.4. The van der Waals surface area contributed by atoms with Gasteiger partial charge in [0.05, 0.1) is 12.3 Å². The minimum absolute atomic E-state index is 0.115. The van der Waals surface area contributed by atoms with Crippen LogP contribution < -0.4 is 5.32 Å². The minimum Gasteiger partial charge on any atom is -0.352 e. The number of amides is 2. The van der Waals surface area contributed by atoms with Crippen LogP contribution >= 0.6 is 27.7 Å². The highest BCUT2D eigenvalue weighted by Crippen LogP contribution is 2.28. The van der Waals surface area contributed by atoms with Crippen LogP contribution in [0.4, 0.5) is 0 Å². The Kier molecular flexibility index (Phi) is 6.64. The molecule has 1 saturated heterocycles. The Morgan fingerprint density at radius 2 is 1.85 bits per heavy atom. The first kappa shape index (κ1) is 19.7. The Bertz CT molecular complexity index is 686. The standard InChI is InChI=1S/C19H26BrN3O2S/c1-13-10-17(14(2)9-16(13)20)26-12-19(25)23-7-5-22(6-8-23)11-18(24)21-15-3-4-15/h9-10,15H,3-8,11-12H2,1-2H3,(H,21,24). The van der Waals surface area contributed by atoms with Gasteiger partial charge in [-0.15, -0.1) is 11.8 Å². The number of carbonyl (C=O) groups is 2. The van der Waals surface area contributed by atoms with Gasteiger partial charge in [-0.2, -0.15) is 0 Å². The number of hydrogen-bond acceptors (Lipinski definition) is 4. The maximum Gasteiger partial charge on any atom is 0.234 e. The van der Waals surface area contributed by atoms with Gasteiger partial charge in [0, 0.05) is 41.6 Å². The molecule has 26 heavy (non-hydrogen) atoms. The van der Waals surface area contributed by atoms with Gasteiger partial charge in [-0.1, -0.05) is 15.9 Å². The number of nitrogens with one attached hydrogen (secondary N) is 1. The zero-order valence-electron chi connectivity index (χ0n) is 15.4. The Hall–Kier alpha value is -1.05. The predicted octanol–water partition coefficient (Wildman–Crippen LogP) is 2.58. The molecule has 1 aromatic carbocycles. The lowest BCUT2D eigenvalue weighted by Crippen LogP contribution is -2.51. The van der Waals surface area contributed by atoms with E-state index in [1.165, 1.54) is 11.1 Å². The van der Waals surface area contributed by atoms with Gasteiger partial charge in [0.25, 0.3) is 0 Å². The molecular weight excluding hydrogens is 414 g/mol. The van der Waals surface area contributed by atoms with Crippen molar-refractivity contribution in [1.82, 2.24) is 15.1 Å².